The van der Waals surface area contributed by atoms with Gasteiger partial charge in [-0.1, -0.05) is 0 Å². The van der Waals surface area contributed by atoms with Crippen molar-refractivity contribution in [3.63, 3.8) is 0 Å². The minimum Gasteiger partial charge on any atom is -0.497 e. The molecule has 2 aromatic carbocycles. The van der Waals surface area contributed by atoms with Gasteiger partial charge in [0.25, 0.3) is 0 Å². The van der Waals surface area contributed by atoms with Crippen molar-refractivity contribution in [2.24, 2.45) is 0 Å². The molecule has 0 radical (unpaired) electrons. The molecule has 1 fully saturated rings. The van der Waals surface area contributed by atoms with Crippen LogP contribution in [0, 0.1) is 5.82 Å². The van der Waals surface area contributed by atoms with Crippen molar-refractivity contribution in [1.82, 2.24) is 10.2 Å². The summed E-state index contributed by atoms with van der Waals surface area (Å²) in [6, 6.07) is 8.50. The van der Waals surface area contributed by atoms with E-state index in [-0.39, 0.29) is 5.82 Å². The van der Waals surface area contributed by atoms with Gasteiger partial charge in [0.15, 0.2) is 11.5 Å². The normalized spacial score (nSPS) is 16.7. The lowest BCUT2D eigenvalue weighted by Crippen LogP contribution is -2.38. The van der Waals surface area contributed by atoms with Crippen LogP contribution in [0.3, 0.4) is 0 Å². The van der Waals surface area contributed by atoms with Crippen molar-refractivity contribution in [2.45, 2.75) is 6.10 Å². The maximum Gasteiger partial charge on any atom is 0.162 e. The Morgan fingerprint density at radius 2 is 1.86 bits per heavy atom. The third-order valence-electron chi connectivity index (χ3n) is 5.08. The van der Waals surface area contributed by atoms with Crippen molar-refractivity contribution in [3.8, 4) is 17.2 Å². The summed E-state index contributed by atoms with van der Waals surface area (Å²) in [5.74, 6) is 1.33. The van der Waals surface area contributed by atoms with Crippen LogP contribution < -0.4 is 19.1 Å². The van der Waals surface area contributed by atoms with Crippen LogP contribution in [0.4, 0.5) is 10.1 Å². The highest BCUT2D eigenvalue weighted by atomic mass is 19.1. The minimum atomic E-state index is -0.405. The van der Waals surface area contributed by atoms with Crippen LogP contribution in [0.15, 0.2) is 36.5 Å². The third-order valence-corrected chi connectivity index (χ3v) is 5.08. The largest absolute Gasteiger partial charge is 0.497 e. The summed E-state index contributed by atoms with van der Waals surface area (Å²) in [4.78, 5) is 2.13. The predicted molar refractivity (Wildman–Crippen MR) is 107 cm³/mol. The Labute approximate surface area is 168 Å². The Balaban J connectivity index is 1.69. The van der Waals surface area contributed by atoms with Crippen LogP contribution in [-0.4, -0.2) is 51.2 Å². The van der Waals surface area contributed by atoms with Crippen LogP contribution in [0.25, 0.3) is 10.9 Å². The lowest BCUT2D eigenvalue weighted by Gasteiger charge is -2.35. The summed E-state index contributed by atoms with van der Waals surface area (Å²) in [5, 5.41) is 9.23. The zero-order valence-electron chi connectivity index (χ0n) is 16.5. The van der Waals surface area contributed by atoms with Gasteiger partial charge >= 0.3 is 0 Å². The van der Waals surface area contributed by atoms with E-state index < -0.39 is 6.10 Å². The van der Waals surface area contributed by atoms with Crippen LogP contribution in [0.1, 0.15) is 11.7 Å². The van der Waals surface area contributed by atoms with Gasteiger partial charge in [-0.05, 0) is 18.2 Å². The lowest BCUT2D eigenvalue weighted by atomic mass is 10.1. The summed E-state index contributed by atoms with van der Waals surface area (Å²) < 4.78 is 36.3. The van der Waals surface area contributed by atoms with E-state index in [1.807, 2.05) is 6.07 Å². The summed E-state index contributed by atoms with van der Waals surface area (Å²) >= 11 is 0. The fourth-order valence-corrected chi connectivity index (χ4v) is 3.58. The zero-order chi connectivity index (χ0) is 20.4. The van der Waals surface area contributed by atoms with Crippen molar-refractivity contribution < 1.29 is 23.3 Å². The summed E-state index contributed by atoms with van der Waals surface area (Å²) in [7, 11) is 4.68. The average molecular weight is 399 g/mol. The second kappa shape index (κ2) is 8.08. The standard InChI is InChI=1S/C21H22FN3O4/c1-26-13-4-5-14(16(22)8-13)21-12-25(6-7-29-21)18-11-23-24-17-10-20(28-3)19(27-2)9-15(17)18/h4-5,8-11,21H,6-7,12H2,1-3H3. The number of hydrogen-bond acceptors (Lipinski definition) is 7. The van der Waals surface area contributed by atoms with Gasteiger partial charge in [-0.25, -0.2) is 4.39 Å². The molecule has 1 aromatic heterocycles. The number of aromatic nitrogens is 2. The van der Waals surface area contributed by atoms with Crippen molar-refractivity contribution >= 4 is 16.6 Å². The maximum atomic E-state index is 14.6. The molecule has 1 aliphatic rings. The van der Waals surface area contributed by atoms with Gasteiger partial charge in [0.1, 0.15) is 17.7 Å². The molecular weight excluding hydrogens is 377 g/mol. The smallest absolute Gasteiger partial charge is 0.162 e. The molecule has 1 unspecified atom stereocenters. The number of hydrogen-bond donors (Lipinski definition) is 0. The molecule has 2 heterocycles. The van der Waals surface area contributed by atoms with Gasteiger partial charge in [-0.3, -0.25) is 0 Å². The number of morpholine rings is 1. The molecule has 1 aliphatic heterocycles. The minimum absolute atomic E-state index is 0.347. The maximum absolute atomic E-state index is 14.6. The second-order valence-electron chi connectivity index (χ2n) is 6.65. The van der Waals surface area contributed by atoms with Crippen LogP contribution in [0.2, 0.25) is 0 Å². The number of rotatable bonds is 5. The van der Waals surface area contributed by atoms with Gasteiger partial charge in [0.05, 0.1) is 45.3 Å². The molecule has 3 aromatic rings. The van der Waals surface area contributed by atoms with E-state index in [9.17, 15) is 4.39 Å². The molecule has 0 N–H and O–H groups in total. The molecule has 0 amide bonds. The number of fused-ring (bicyclic) bond motifs is 1. The summed E-state index contributed by atoms with van der Waals surface area (Å²) in [5.41, 5.74) is 2.08. The monoisotopic (exact) mass is 399 g/mol. The van der Waals surface area contributed by atoms with E-state index in [0.717, 1.165) is 11.1 Å². The number of anilines is 1. The number of halogens is 1. The summed E-state index contributed by atoms with van der Waals surface area (Å²) in [6.45, 7) is 1.61. The lowest BCUT2D eigenvalue weighted by molar-refractivity contribution is 0.0375. The Morgan fingerprint density at radius 1 is 1.07 bits per heavy atom. The number of methoxy groups -OCH3 is 3. The number of benzene rings is 2. The number of nitrogens with zero attached hydrogens (tertiary/aromatic N) is 3. The van der Waals surface area contributed by atoms with Crippen molar-refractivity contribution in [2.75, 3.05) is 45.9 Å². The quantitative estimate of drug-likeness (QED) is 0.652. The number of ether oxygens (including phenoxy) is 4. The van der Waals surface area contributed by atoms with E-state index in [0.29, 0.717) is 48.0 Å². The average Bonchev–Trinajstić information content (AvgIpc) is 2.77. The molecule has 4 rings (SSSR count). The van der Waals surface area contributed by atoms with E-state index in [4.69, 9.17) is 18.9 Å². The Kier molecular flexibility index (Phi) is 5.35. The van der Waals surface area contributed by atoms with Crippen molar-refractivity contribution in [3.05, 3.63) is 47.9 Å². The van der Waals surface area contributed by atoms with Crippen LogP contribution >= 0.6 is 0 Å². The fourth-order valence-electron chi connectivity index (χ4n) is 3.58. The Bertz CT molecular complexity index is 1030. The van der Waals surface area contributed by atoms with Crippen LogP contribution in [-0.2, 0) is 4.74 Å². The molecular formula is C21H22FN3O4. The van der Waals surface area contributed by atoms with E-state index in [2.05, 4.69) is 15.1 Å². The van der Waals surface area contributed by atoms with Gasteiger partial charge < -0.3 is 23.8 Å². The molecule has 0 aliphatic carbocycles. The van der Waals surface area contributed by atoms with Gasteiger partial charge in [-0.2, -0.15) is 10.2 Å². The molecule has 29 heavy (non-hydrogen) atoms. The molecule has 8 heteroatoms. The Hall–Kier alpha value is -3.13. The van der Waals surface area contributed by atoms with Gasteiger partial charge in [0, 0.05) is 36.2 Å². The molecule has 152 valence electrons. The molecule has 1 saturated heterocycles. The van der Waals surface area contributed by atoms with E-state index in [1.54, 1.807) is 38.6 Å². The second-order valence-corrected chi connectivity index (χ2v) is 6.65. The SMILES string of the molecule is COc1ccc(C2CN(c3cnnc4cc(OC)c(OC)cc34)CCO2)c(F)c1. The molecule has 0 spiro atoms. The van der Waals surface area contributed by atoms with E-state index in [1.165, 1.54) is 13.2 Å². The zero-order valence-corrected chi connectivity index (χ0v) is 16.5. The molecule has 7 nitrogen and oxygen atoms in total. The molecule has 0 bridgehead atoms. The van der Waals surface area contributed by atoms with E-state index >= 15 is 0 Å². The first-order chi connectivity index (χ1) is 14.1. The fraction of sp³-hybridized carbons (Fsp3) is 0.333. The van der Waals surface area contributed by atoms with Crippen molar-refractivity contribution in [1.29, 1.82) is 0 Å². The highest BCUT2D eigenvalue weighted by molar-refractivity contribution is 5.93. The first-order valence-corrected chi connectivity index (χ1v) is 9.22. The Morgan fingerprint density at radius 3 is 2.59 bits per heavy atom. The first kappa shape index (κ1) is 19.2. The summed E-state index contributed by atoms with van der Waals surface area (Å²) in [6.07, 6.45) is 1.30. The molecule has 0 saturated carbocycles. The third kappa shape index (κ3) is 3.63. The van der Waals surface area contributed by atoms with Gasteiger partial charge in [0.2, 0.25) is 0 Å². The highest BCUT2D eigenvalue weighted by Gasteiger charge is 2.26. The molecule has 1 atom stereocenters. The highest BCUT2D eigenvalue weighted by Crippen LogP contribution is 2.37. The van der Waals surface area contributed by atoms with Crippen LogP contribution in [0.5, 0.6) is 17.2 Å². The topological polar surface area (TPSA) is 65.9 Å². The predicted octanol–water partition coefficient (Wildman–Crippen LogP) is 3.37. The van der Waals surface area contributed by atoms with Gasteiger partial charge in [-0.15, -0.1) is 0 Å². The first-order valence-electron chi connectivity index (χ1n) is 9.22.